The van der Waals surface area contributed by atoms with Crippen molar-refractivity contribution in [3.8, 4) is 0 Å². The number of nitrogens with zero attached hydrogens (tertiary/aromatic N) is 3. The maximum absolute atomic E-state index is 12.5. The number of carboxylic acids is 1. The minimum atomic E-state index is -5.08. The van der Waals surface area contributed by atoms with E-state index in [1.807, 2.05) is 6.07 Å². The van der Waals surface area contributed by atoms with Gasteiger partial charge in [0.25, 0.3) is 10.0 Å². The summed E-state index contributed by atoms with van der Waals surface area (Å²) in [7, 11) is -3.76. The zero-order chi connectivity index (χ0) is 26.3. The minimum absolute atomic E-state index is 0.0837. The summed E-state index contributed by atoms with van der Waals surface area (Å²) in [4.78, 5) is 15.2. The van der Waals surface area contributed by atoms with Gasteiger partial charge in [0.1, 0.15) is 6.33 Å². The lowest BCUT2D eigenvalue weighted by molar-refractivity contribution is -0.192. The van der Waals surface area contributed by atoms with Crippen LogP contribution in [0.3, 0.4) is 0 Å². The molecule has 0 radical (unpaired) electrons. The number of aliphatic carboxylic acids is 1. The summed E-state index contributed by atoms with van der Waals surface area (Å²) in [6, 6.07) is 15.3. The molecule has 0 aliphatic carbocycles. The molecule has 194 valence electrons. The molecule has 1 fully saturated rings. The van der Waals surface area contributed by atoms with Crippen LogP contribution in [0.1, 0.15) is 12.0 Å². The number of carbonyl (C=O) groups is 1. The lowest BCUT2D eigenvalue weighted by Crippen LogP contribution is -2.26. The van der Waals surface area contributed by atoms with Crippen LogP contribution in [-0.4, -0.2) is 59.1 Å². The molecule has 3 aromatic rings. The van der Waals surface area contributed by atoms with Gasteiger partial charge in [0.2, 0.25) is 5.13 Å². The van der Waals surface area contributed by atoms with Crippen LogP contribution in [0.25, 0.3) is 0 Å². The summed E-state index contributed by atoms with van der Waals surface area (Å²) in [6.07, 6.45) is -2.78. The van der Waals surface area contributed by atoms with Gasteiger partial charge in [-0.05, 0) is 30.2 Å². The van der Waals surface area contributed by atoms with Gasteiger partial charge >= 0.3 is 12.1 Å². The van der Waals surface area contributed by atoms with Crippen molar-refractivity contribution in [1.82, 2.24) is 14.3 Å². The Bertz CT molecular complexity index is 1260. The van der Waals surface area contributed by atoms with Gasteiger partial charge in [-0.25, -0.2) is 18.2 Å². The predicted molar refractivity (Wildman–Crippen MR) is 130 cm³/mol. The summed E-state index contributed by atoms with van der Waals surface area (Å²) < 4.78 is 62.8. The molecule has 9 nitrogen and oxygen atoms in total. The largest absolute Gasteiger partial charge is 0.490 e. The summed E-state index contributed by atoms with van der Waals surface area (Å²) in [5.41, 5.74) is 2.02. The standard InChI is InChI=1S/C19H20ClN5O2S2.C2HF3O2/c20-17-10-16(29(26,27)24-19-21-13-22-28-19)6-7-18(17)23-15-8-9-25(12-15)11-14-4-2-1-3-5-14;3-2(4,5)1(6)7/h1-7,10,13,15,23H,8-9,11-12H2,(H,21,22,24);(H,6,7). The van der Waals surface area contributed by atoms with E-state index in [0.29, 0.717) is 5.02 Å². The topological polar surface area (TPSA) is 125 Å². The highest BCUT2D eigenvalue weighted by atomic mass is 35.5. The van der Waals surface area contributed by atoms with Crippen LogP contribution in [0.15, 0.2) is 59.8 Å². The monoisotopic (exact) mass is 563 g/mol. The fourth-order valence-electron chi connectivity index (χ4n) is 3.33. The third kappa shape index (κ3) is 8.05. The third-order valence-electron chi connectivity index (χ3n) is 4.96. The van der Waals surface area contributed by atoms with E-state index in [2.05, 4.69) is 48.6 Å². The number of nitrogens with one attached hydrogen (secondary N) is 2. The lowest BCUT2D eigenvalue weighted by Gasteiger charge is -2.18. The molecule has 1 atom stereocenters. The second-order valence-corrected chi connectivity index (χ2v) is 10.5. The van der Waals surface area contributed by atoms with Gasteiger partial charge in [-0.2, -0.15) is 17.5 Å². The average Bonchev–Trinajstić information content (AvgIpc) is 3.47. The van der Waals surface area contributed by atoms with Crippen molar-refractivity contribution in [1.29, 1.82) is 0 Å². The van der Waals surface area contributed by atoms with Gasteiger partial charge in [-0.1, -0.05) is 41.9 Å². The van der Waals surface area contributed by atoms with Gasteiger partial charge in [0.05, 0.1) is 15.6 Å². The van der Waals surface area contributed by atoms with E-state index in [9.17, 15) is 21.6 Å². The molecule has 0 spiro atoms. The molecule has 4 rings (SSSR count). The fourth-order valence-corrected chi connectivity index (χ4v) is 5.31. The van der Waals surface area contributed by atoms with Crippen molar-refractivity contribution in [2.24, 2.45) is 0 Å². The van der Waals surface area contributed by atoms with E-state index in [1.165, 1.54) is 24.0 Å². The quantitative estimate of drug-likeness (QED) is 0.388. The van der Waals surface area contributed by atoms with Gasteiger partial charge in [0.15, 0.2) is 0 Å². The molecule has 15 heteroatoms. The Balaban J connectivity index is 0.000000454. The van der Waals surface area contributed by atoms with Crippen LogP contribution < -0.4 is 10.0 Å². The zero-order valence-corrected chi connectivity index (χ0v) is 20.8. The van der Waals surface area contributed by atoms with Crippen LogP contribution in [0.5, 0.6) is 0 Å². The molecule has 1 aromatic heterocycles. The van der Waals surface area contributed by atoms with Crippen LogP contribution >= 0.6 is 23.1 Å². The molecule has 36 heavy (non-hydrogen) atoms. The second-order valence-electron chi connectivity index (χ2n) is 7.65. The summed E-state index contributed by atoms with van der Waals surface area (Å²) in [6.45, 7) is 2.83. The Morgan fingerprint density at radius 1 is 1.22 bits per heavy atom. The maximum atomic E-state index is 12.5. The Kier molecular flexibility index (Phi) is 9.11. The number of hydrogen-bond donors (Lipinski definition) is 3. The van der Waals surface area contributed by atoms with Crippen molar-refractivity contribution in [3.63, 3.8) is 0 Å². The number of aromatic nitrogens is 2. The number of likely N-dealkylation sites (tertiary alicyclic amines) is 1. The first-order valence-corrected chi connectivity index (χ1v) is 13.0. The van der Waals surface area contributed by atoms with E-state index >= 15 is 0 Å². The first-order valence-electron chi connectivity index (χ1n) is 10.4. The van der Waals surface area contributed by atoms with Crippen LogP contribution in [0.4, 0.5) is 24.0 Å². The highest BCUT2D eigenvalue weighted by Gasteiger charge is 2.38. The molecule has 2 heterocycles. The van der Waals surface area contributed by atoms with Crippen molar-refractivity contribution >= 4 is 49.9 Å². The first kappa shape index (κ1) is 27.6. The second kappa shape index (κ2) is 11.9. The Morgan fingerprint density at radius 3 is 2.50 bits per heavy atom. The van der Waals surface area contributed by atoms with Crippen molar-refractivity contribution < 1.29 is 31.5 Å². The Labute approximate surface area is 214 Å². The zero-order valence-electron chi connectivity index (χ0n) is 18.4. The number of hydrogen-bond acceptors (Lipinski definition) is 8. The molecule has 1 unspecified atom stereocenters. The third-order valence-corrected chi connectivity index (χ3v) is 7.32. The van der Waals surface area contributed by atoms with Crippen LogP contribution in [0.2, 0.25) is 5.02 Å². The number of rotatable bonds is 7. The first-order chi connectivity index (χ1) is 16.9. The molecule has 1 aliphatic rings. The molecule has 3 N–H and O–H groups in total. The number of anilines is 2. The molecule has 2 aromatic carbocycles. The smallest absolute Gasteiger partial charge is 0.475 e. The number of carboxylic acid groups (broad SMARTS) is 1. The van der Waals surface area contributed by atoms with E-state index in [-0.39, 0.29) is 16.1 Å². The molecular formula is C21H21ClF3N5O4S2. The van der Waals surface area contributed by atoms with E-state index < -0.39 is 22.2 Å². The molecule has 0 bridgehead atoms. The van der Waals surface area contributed by atoms with Crippen molar-refractivity contribution in [2.45, 2.75) is 30.1 Å². The highest BCUT2D eigenvalue weighted by molar-refractivity contribution is 7.93. The molecule has 0 saturated carbocycles. The highest BCUT2D eigenvalue weighted by Crippen LogP contribution is 2.28. The van der Waals surface area contributed by atoms with Gasteiger partial charge in [-0.3, -0.25) is 9.62 Å². The Morgan fingerprint density at radius 2 is 1.92 bits per heavy atom. The fraction of sp³-hybridized carbons (Fsp3) is 0.286. The van der Waals surface area contributed by atoms with E-state index in [1.54, 1.807) is 6.07 Å². The lowest BCUT2D eigenvalue weighted by atomic mass is 10.2. The van der Waals surface area contributed by atoms with E-state index in [0.717, 1.165) is 43.3 Å². The Hall–Kier alpha value is -2.94. The summed E-state index contributed by atoms with van der Waals surface area (Å²) in [5, 5.41) is 11.1. The molecule has 1 saturated heterocycles. The van der Waals surface area contributed by atoms with Gasteiger partial charge < -0.3 is 10.4 Å². The predicted octanol–water partition coefficient (Wildman–Crippen LogP) is 4.31. The normalized spacial score (nSPS) is 16.2. The SMILES string of the molecule is O=C(O)C(F)(F)F.O=S(=O)(Nc1ncns1)c1ccc(NC2CCN(Cc3ccccc3)C2)c(Cl)c1. The average molecular weight is 564 g/mol. The summed E-state index contributed by atoms with van der Waals surface area (Å²) in [5.74, 6) is -2.76. The molecule has 1 aliphatic heterocycles. The van der Waals surface area contributed by atoms with Gasteiger partial charge in [-0.15, -0.1) is 0 Å². The molecule has 0 amide bonds. The van der Waals surface area contributed by atoms with Crippen LogP contribution in [-0.2, 0) is 21.4 Å². The number of sulfonamides is 1. The number of benzene rings is 2. The van der Waals surface area contributed by atoms with Gasteiger partial charge in [0, 0.05) is 37.2 Å². The van der Waals surface area contributed by atoms with Crippen molar-refractivity contribution in [3.05, 3.63) is 65.4 Å². The summed E-state index contributed by atoms with van der Waals surface area (Å²) >= 11 is 7.34. The number of halogens is 4. The molecular weight excluding hydrogens is 543 g/mol. The minimum Gasteiger partial charge on any atom is -0.475 e. The number of alkyl halides is 3. The van der Waals surface area contributed by atoms with E-state index in [4.69, 9.17) is 21.5 Å². The van der Waals surface area contributed by atoms with Crippen molar-refractivity contribution in [2.75, 3.05) is 23.1 Å². The van der Waals surface area contributed by atoms with Crippen LogP contribution in [0, 0.1) is 0 Å². The maximum Gasteiger partial charge on any atom is 0.490 e.